The third-order valence-electron chi connectivity index (χ3n) is 6.08. The maximum atomic E-state index is 13.3. The summed E-state index contributed by atoms with van der Waals surface area (Å²) in [7, 11) is -3.74. The van der Waals surface area contributed by atoms with Crippen LogP contribution >= 0.6 is 34.5 Å². The molecule has 1 aromatic heterocycles. The summed E-state index contributed by atoms with van der Waals surface area (Å²) in [6.45, 7) is 3.45. The molecular weight excluding hydrogens is 463 g/mol. The molecule has 30 heavy (non-hydrogen) atoms. The molecule has 4 rings (SSSR count). The normalized spacial score (nSPS) is 20.9. The molecule has 0 saturated carbocycles. The Bertz CT molecular complexity index is 1050. The second-order valence-electron chi connectivity index (χ2n) is 7.76. The Kier molecular flexibility index (Phi) is 6.47. The third-order valence-corrected chi connectivity index (χ3v) is 9.69. The van der Waals surface area contributed by atoms with Crippen LogP contribution < -0.4 is 0 Å². The van der Waals surface area contributed by atoms with E-state index in [9.17, 15) is 13.2 Å². The summed E-state index contributed by atoms with van der Waals surface area (Å²) < 4.78 is 27.5. The van der Waals surface area contributed by atoms with Crippen molar-refractivity contribution in [2.75, 3.05) is 19.6 Å². The Morgan fingerprint density at radius 2 is 1.90 bits per heavy atom. The quantitative estimate of drug-likeness (QED) is 0.611. The first kappa shape index (κ1) is 22.1. The monoisotopic (exact) mass is 486 g/mol. The average Bonchev–Trinajstić information content (AvgIpc) is 3.23. The predicted molar refractivity (Wildman–Crippen MR) is 121 cm³/mol. The molecule has 0 radical (unpaired) electrons. The first-order chi connectivity index (χ1) is 14.3. The van der Waals surface area contributed by atoms with Crippen LogP contribution in [0.5, 0.6) is 0 Å². The van der Waals surface area contributed by atoms with Crippen molar-refractivity contribution in [3.05, 3.63) is 50.1 Å². The number of thiophene rings is 1. The summed E-state index contributed by atoms with van der Waals surface area (Å²) in [6, 6.07) is 6.70. The van der Waals surface area contributed by atoms with Crippen LogP contribution in [0.15, 0.2) is 34.5 Å². The van der Waals surface area contributed by atoms with E-state index in [4.69, 9.17) is 23.2 Å². The Hall–Kier alpha value is -1.12. The van der Waals surface area contributed by atoms with Gasteiger partial charge in [-0.15, -0.1) is 11.3 Å². The highest BCUT2D eigenvalue weighted by atomic mass is 35.5. The molecule has 0 N–H and O–H groups in total. The van der Waals surface area contributed by atoms with Crippen molar-refractivity contribution in [1.29, 1.82) is 0 Å². The minimum atomic E-state index is -3.74. The van der Waals surface area contributed by atoms with Gasteiger partial charge in [0, 0.05) is 35.5 Å². The fraction of sp³-hybridized carbons (Fsp3) is 0.476. The Balaban J connectivity index is 1.46. The number of nitrogens with zero attached hydrogens (tertiary/aromatic N) is 2. The molecule has 1 amide bonds. The van der Waals surface area contributed by atoms with E-state index in [-0.39, 0.29) is 27.8 Å². The van der Waals surface area contributed by atoms with Gasteiger partial charge in [-0.1, -0.05) is 30.1 Å². The molecule has 9 heteroatoms. The van der Waals surface area contributed by atoms with Crippen molar-refractivity contribution < 1.29 is 13.2 Å². The van der Waals surface area contributed by atoms with Crippen LogP contribution in [0.4, 0.5) is 0 Å². The predicted octanol–water partition coefficient (Wildman–Crippen LogP) is 4.99. The molecular formula is C21H24Cl2N2O3S2. The second-order valence-corrected chi connectivity index (χ2v) is 11.5. The number of hydrogen-bond donors (Lipinski definition) is 0. The maximum Gasteiger partial charge on any atom is 0.244 e. The summed E-state index contributed by atoms with van der Waals surface area (Å²) in [5, 5.41) is 2.58. The fourth-order valence-corrected chi connectivity index (χ4v) is 7.63. The van der Waals surface area contributed by atoms with Gasteiger partial charge in [-0.25, -0.2) is 8.42 Å². The van der Waals surface area contributed by atoms with E-state index in [1.807, 2.05) is 4.90 Å². The number of amides is 1. The van der Waals surface area contributed by atoms with E-state index in [1.165, 1.54) is 26.9 Å². The maximum absolute atomic E-state index is 13.3. The summed E-state index contributed by atoms with van der Waals surface area (Å²) in [4.78, 5) is 16.7. The Labute approximate surface area is 191 Å². The topological polar surface area (TPSA) is 57.7 Å². The van der Waals surface area contributed by atoms with E-state index < -0.39 is 10.0 Å². The highest BCUT2D eigenvalue weighted by Crippen LogP contribution is 2.37. The van der Waals surface area contributed by atoms with Crippen LogP contribution in [-0.2, 0) is 21.2 Å². The van der Waals surface area contributed by atoms with Crippen molar-refractivity contribution in [2.24, 2.45) is 5.92 Å². The Morgan fingerprint density at radius 1 is 1.17 bits per heavy atom. The number of fused-ring (bicyclic) bond motifs is 1. The molecule has 0 spiro atoms. The molecule has 162 valence electrons. The highest BCUT2D eigenvalue weighted by Gasteiger charge is 2.38. The van der Waals surface area contributed by atoms with E-state index in [0.29, 0.717) is 31.0 Å². The molecule has 1 unspecified atom stereocenters. The SMILES string of the molecule is CCC1c2ccsc2CCN1C(=O)C1CCN(S(=O)(=O)c2cc(Cl)ccc2Cl)CC1. The number of benzene rings is 1. The van der Waals surface area contributed by atoms with Crippen molar-refractivity contribution in [3.8, 4) is 0 Å². The second kappa shape index (κ2) is 8.79. The lowest BCUT2D eigenvalue weighted by molar-refractivity contribution is -0.139. The van der Waals surface area contributed by atoms with Gasteiger partial charge >= 0.3 is 0 Å². The molecule has 1 saturated heterocycles. The van der Waals surface area contributed by atoms with Crippen molar-refractivity contribution in [3.63, 3.8) is 0 Å². The first-order valence-corrected chi connectivity index (χ1v) is 13.2. The highest BCUT2D eigenvalue weighted by molar-refractivity contribution is 7.89. The van der Waals surface area contributed by atoms with Crippen LogP contribution in [0.3, 0.4) is 0 Å². The largest absolute Gasteiger partial charge is 0.335 e. The van der Waals surface area contributed by atoms with E-state index >= 15 is 0 Å². The number of halogens is 2. The summed E-state index contributed by atoms with van der Waals surface area (Å²) in [5.41, 5.74) is 1.28. The van der Waals surface area contributed by atoms with Gasteiger partial charge in [0.2, 0.25) is 15.9 Å². The van der Waals surface area contributed by atoms with Gasteiger partial charge < -0.3 is 4.90 Å². The lowest BCUT2D eigenvalue weighted by Gasteiger charge is -2.39. The summed E-state index contributed by atoms with van der Waals surface area (Å²) >= 11 is 13.9. The van der Waals surface area contributed by atoms with Crippen LogP contribution in [0, 0.1) is 5.92 Å². The smallest absolute Gasteiger partial charge is 0.244 e. The van der Waals surface area contributed by atoms with Gasteiger partial charge in [0.15, 0.2) is 0 Å². The van der Waals surface area contributed by atoms with E-state index in [0.717, 1.165) is 19.4 Å². The molecule has 0 aliphatic carbocycles. The number of piperidine rings is 1. The molecule has 2 aromatic rings. The van der Waals surface area contributed by atoms with Gasteiger partial charge in [0.1, 0.15) is 4.90 Å². The minimum absolute atomic E-state index is 0.0218. The molecule has 3 heterocycles. The van der Waals surface area contributed by atoms with Gasteiger partial charge in [-0.05, 0) is 60.9 Å². The number of rotatable bonds is 4. The zero-order valence-electron chi connectivity index (χ0n) is 16.7. The zero-order valence-corrected chi connectivity index (χ0v) is 19.8. The number of sulfonamides is 1. The van der Waals surface area contributed by atoms with Crippen LogP contribution in [0.1, 0.15) is 42.7 Å². The van der Waals surface area contributed by atoms with Gasteiger partial charge in [0.25, 0.3) is 0 Å². The minimum Gasteiger partial charge on any atom is -0.335 e. The third kappa shape index (κ3) is 4.02. The average molecular weight is 487 g/mol. The lowest BCUT2D eigenvalue weighted by Crippen LogP contribution is -2.47. The molecule has 1 aromatic carbocycles. The molecule has 2 aliphatic rings. The number of hydrogen-bond acceptors (Lipinski definition) is 4. The van der Waals surface area contributed by atoms with Gasteiger partial charge in [-0.3, -0.25) is 4.79 Å². The van der Waals surface area contributed by atoms with Crippen molar-refractivity contribution in [1.82, 2.24) is 9.21 Å². The van der Waals surface area contributed by atoms with Crippen LogP contribution in [0.25, 0.3) is 0 Å². The van der Waals surface area contributed by atoms with Crippen molar-refractivity contribution in [2.45, 2.75) is 43.5 Å². The summed E-state index contributed by atoms with van der Waals surface area (Å²) in [5.74, 6) is -0.00273. The van der Waals surface area contributed by atoms with Gasteiger partial charge in [0.05, 0.1) is 11.1 Å². The van der Waals surface area contributed by atoms with E-state index in [2.05, 4.69) is 18.4 Å². The molecule has 1 atom stereocenters. The fourth-order valence-electron chi connectivity index (χ4n) is 4.49. The van der Waals surface area contributed by atoms with E-state index in [1.54, 1.807) is 17.4 Å². The van der Waals surface area contributed by atoms with Gasteiger partial charge in [-0.2, -0.15) is 4.31 Å². The Morgan fingerprint density at radius 3 is 2.60 bits per heavy atom. The summed E-state index contributed by atoms with van der Waals surface area (Å²) in [6.07, 6.45) is 2.81. The first-order valence-electron chi connectivity index (χ1n) is 10.1. The zero-order chi connectivity index (χ0) is 21.5. The molecule has 5 nitrogen and oxygen atoms in total. The van der Waals surface area contributed by atoms with Crippen molar-refractivity contribution >= 4 is 50.5 Å². The lowest BCUT2D eigenvalue weighted by atomic mass is 9.92. The molecule has 2 aliphatic heterocycles. The molecule has 1 fully saturated rings. The number of carbonyl (C=O) groups excluding carboxylic acids is 1. The molecule has 0 bridgehead atoms. The standard InChI is InChI=1S/C21H24Cl2N2O3S2/c1-2-18-16-8-12-29-19(16)7-11-25(18)21(26)14-5-9-24(10-6-14)30(27,28)20-13-15(22)3-4-17(20)23/h3-4,8,12-14,18H,2,5-7,9-11H2,1H3. The number of carbonyl (C=O) groups is 1. The van der Waals surface area contributed by atoms with Crippen LogP contribution in [-0.4, -0.2) is 43.2 Å². The van der Waals surface area contributed by atoms with Crippen LogP contribution in [0.2, 0.25) is 10.0 Å².